The lowest BCUT2D eigenvalue weighted by molar-refractivity contribution is 0.578. The van der Waals surface area contributed by atoms with Crippen molar-refractivity contribution in [2.24, 2.45) is 10.7 Å². The van der Waals surface area contributed by atoms with Crippen LogP contribution in [0.2, 0.25) is 0 Å². The molecule has 2 heteroatoms. The summed E-state index contributed by atoms with van der Waals surface area (Å²) in [6.07, 6.45) is 10.6. The Bertz CT molecular complexity index is 344. The fourth-order valence-corrected chi connectivity index (χ4v) is 2.15. The minimum absolute atomic E-state index is 0.670. The lowest BCUT2D eigenvalue weighted by Crippen LogP contribution is -2.13. The van der Waals surface area contributed by atoms with Crippen molar-refractivity contribution >= 4 is 5.84 Å². The van der Waals surface area contributed by atoms with Crippen LogP contribution >= 0.6 is 0 Å². The number of rotatable bonds is 10. The molecular formula is C17H28N2. The van der Waals surface area contributed by atoms with Gasteiger partial charge >= 0.3 is 0 Å². The van der Waals surface area contributed by atoms with Gasteiger partial charge < -0.3 is 5.73 Å². The number of hydrogen-bond donors (Lipinski definition) is 1. The molecule has 1 rings (SSSR count). The number of nitrogens with zero attached hydrogens (tertiary/aromatic N) is 1. The van der Waals surface area contributed by atoms with Crippen molar-refractivity contribution in [3.05, 3.63) is 35.9 Å². The zero-order valence-corrected chi connectivity index (χ0v) is 12.3. The monoisotopic (exact) mass is 260 g/mol. The third-order valence-electron chi connectivity index (χ3n) is 3.36. The largest absolute Gasteiger partial charge is 0.384 e. The van der Waals surface area contributed by atoms with Crippen LogP contribution in [0.3, 0.4) is 0 Å². The maximum absolute atomic E-state index is 5.94. The van der Waals surface area contributed by atoms with Crippen molar-refractivity contribution in [2.45, 2.75) is 58.3 Å². The van der Waals surface area contributed by atoms with E-state index in [9.17, 15) is 0 Å². The molecule has 0 fully saturated rings. The van der Waals surface area contributed by atoms with Crippen LogP contribution in [-0.2, 0) is 0 Å². The third kappa shape index (κ3) is 7.66. The Morgan fingerprint density at radius 3 is 2.11 bits per heavy atom. The molecule has 0 atom stereocenters. The molecule has 0 saturated carbocycles. The minimum atomic E-state index is 0.670. The van der Waals surface area contributed by atoms with E-state index in [0.29, 0.717) is 5.84 Å². The lowest BCUT2D eigenvalue weighted by atomic mass is 10.1. The maximum atomic E-state index is 5.94. The number of amidine groups is 1. The number of aliphatic imine (C=N–C) groups is 1. The first-order chi connectivity index (χ1) is 9.34. The average molecular weight is 260 g/mol. The summed E-state index contributed by atoms with van der Waals surface area (Å²) in [6, 6.07) is 10.00. The predicted molar refractivity (Wildman–Crippen MR) is 84.6 cm³/mol. The summed E-state index contributed by atoms with van der Waals surface area (Å²) in [5, 5.41) is 0. The van der Waals surface area contributed by atoms with E-state index < -0.39 is 0 Å². The van der Waals surface area contributed by atoms with Crippen molar-refractivity contribution in [3.8, 4) is 0 Å². The Hall–Kier alpha value is -1.31. The average Bonchev–Trinajstić information content (AvgIpc) is 2.46. The van der Waals surface area contributed by atoms with E-state index in [4.69, 9.17) is 5.73 Å². The molecule has 0 amide bonds. The van der Waals surface area contributed by atoms with Crippen molar-refractivity contribution < 1.29 is 0 Å². The van der Waals surface area contributed by atoms with Gasteiger partial charge in [0.2, 0.25) is 0 Å². The molecule has 2 N–H and O–H groups in total. The molecule has 1 aromatic rings. The molecule has 0 aliphatic rings. The van der Waals surface area contributed by atoms with Crippen LogP contribution in [0.25, 0.3) is 0 Å². The molecule has 2 nitrogen and oxygen atoms in total. The van der Waals surface area contributed by atoms with Crippen LogP contribution < -0.4 is 5.73 Å². The van der Waals surface area contributed by atoms with Gasteiger partial charge in [-0.3, -0.25) is 4.99 Å². The number of hydrogen-bond acceptors (Lipinski definition) is 1. The summed E-state index contributed by atoms with van der Waals surface area (Å²) < 4.78 is 0. The molecule has 19 heavy (non-hydrogen) atoms. The van der Waals surface area contributed by atoms with Gasteiger partial charge in [0.1, 0.15) is 5.84 Å². The summed E-state index contributed by atoms with van der Waals surface area (Å²) in [7, 11) is 0. The predicted octanol–water partition coefficient (Wildman–Crippen LogP) is 4.53. The van der Waals surface area contributed by atoms with Gasteiger partial charge in [0.05, 0.1) is 0 Å². The molecule has 106 valence electrons. The smallest absolute Gasteiger partial charge is 0.125 e. The van der Waals surface area contributed by atoms with Gasteiger partial charge in [0, 0.05) is 12.1 Å². The molecule has 0 unspecified atom stereocenters. The summed E-state index contributed by atoms with van der Waals surface area (Å²) in [5.74, 6) is 0.670. The van der Waals surface area contributed by atoms with E-state index in [-0.39, 0.29) is 0 Å². The summed E-state index contributed by atoms with van der Waals surface area (Å²) in [5.41, 5.74) is 6.97. The molecule has 0 radical (unpaired) electrons. The molecule has 0 heterocycles. The van der Waals surface area contributed by atoms with Gasteiger partial charge in [0.25, 0.3) is 0 Å². The normalized spacial score (nSPS) is 11.7. The standard InChI is InChI=1S/C17H28N2/c1-2-3-4-5-6-7-8-12-15-19-17(18)16-13-10-9-11-14-16/h9-11,13-14H,2-8,12,15H2,1H3,(H2,18,19). The van der Waals surface area contributed by atoms with Crippen LogP contribution in [0.1, 0.15) is 63.9 Å². The molecule has 0 saturated heterocycles. The Kier molecular flexibility index (Phi) is 8.78. The summed E-state index contributed by atoms with van der Waals surface area (Å²) in [4.78, 5) is 4.44. The third-order valence-corrected chi connectivity index (χ3v) is 3.36. The van der Waals surface area contributed by atoms with Gasteiger partial charge in [-0.15, -0.1) is 0 Å². The van der Waals surface area contributed by atoms with Gasteiger partial charge in [-0.1, -0.05) is 82.2 Å². The minimum Gasteiger partial charge on any atom is -0.384 e. The molecule has 0 aliphatic heterocycles. The van der Waals surface area contributed by atoms with Crippen LogP contribution in [0.15, 0.2) is 35.3 Å². The van der Waals surface area contributed by atoms with Crippen LogP contribution in [0, 0.1) is 0 Å². The fraction of sp³-hybridized carbons (Fsp3) is 0.588. The highest BCUT2D eigenvalue weighted by atomic mass is 14.8. The summed E-state index contributed by atoms with van der Waals surface area (Å²) in [6.45, 7) is 3.12. The molecule has 0 spiro atoms. The second-order valence-corrected chi connectivity index (χ2v) is 5.11. The van der Waals surface area contributed by atoms with Crippen molar-refractivity contribution in [2.75, 3.05) is 6.54 Å². The zero-order chi connectivity index (χ0) is 13.8. The fourth-order valence-electron chi connectivity index (χ4n) is 2.15. The first-order valence-corrected chi connectivity index (χ1v) is 7.70. The SMILES string of the molecule is CCCCCCCCCCN=C(N)c1ccccc1. The molecular weight excluding hydrogens is 232 g/mol. The van der Waals surface area contributed by atoms with Crippen molar-refractivity contribution in [1.29, 1.82) is 0 Å². The number of nitrogens with two attached hydrogens (primary N) is 1. The van der Waals surface area contributed by atoms with Crippen LogP contribution in [0.5, 0.6) is 0 Å². The highest BCUT2D eigenvalue weighted by Crippen LogP contribution is 2.08. The van der Waals surface area contributed by atoms with Crippen LogP contribution in [-0.4, -0.2) is 12.4 Å². The highest BCUT2D eigenvalue weighted by Gasteiger charge is 1.95. The highest BCUT2D eigenvalue weighted by molar-refractivity contribution is 5.97. The lowest BCUT2D eigenvalue weighted by Gasteiger charge is -2.02. The Labute approximate surface area is 118 Å². The Morgan fingerprint density at radius 1 is 0.895 bits per heavy atom. The number of unbranched alkanes of at least 4 members (excludes halogenated alkanes) is 7. The van der Waals surface area contributed by atoms with E-state index in [1.165, 1.54) is 44.9 Å². The zero-order valence-electron chi connectivity index (χ0n) is 12.3. The van der Waals surface area contributed by atoms with E-state index in [0.717, 1.165) is 18.5 Å². The Morgan fingerprint density at radius 2 is 1.47 bits per heavy atom. The van der Waals surface area contributed by atoms with Crippen LogP contribution in [0.4, 0.5) is 0 Å². The van der Waals surface area contributed by atoms with Gasteiger partial charge in [-0.05, 0) is 6.42 Å². The van der Waals surface area contributed by atoms with E-state index >= 15 is 0 Å². The molecule has 0 bridgehead atoms. The molecule has 0 aromatic heterocycles. The quantitative estimate of drug-likeness (QED) is 0.374. The van der Waals surface area contributed by atoms with Crippen molar-refractivity contribution in [3.63, 3.8) is 0 Å². The second kappa shape index (κ2) is 10.6. The topological polar surface area (TPSA) is 38.4 Å². The van der Waals surface area contributed by atoms with Gasteiger partial charge in [-0.2, -0.15) is 0 Å². The van der Waals surface area contributed by atoms with E-state index in [2.05, 4.69) is 11.9 Å². The molecule has 0 aliphatic carbocycles. The first-order valence-electron chi connectivity index (χ1n) is 7.70. The van der Waals surface area contributed by atoms with Crippen molar-refractivity contribution in [1.82, 2.24) is 0 Å². The van der Waals surface area contributed by atoms with Gasteiger partial charge in [0.15, 0.2) is 0 Å². The van der Waals surface area contributed by atoms with E-state index in [1.807, 2.05) is 30.3 Å². The summed E-state index contributed by atoms with van der Waals surface area (Å²) >= 11 is 0. The Balaban J connectivity index is 2.04. The number of benzene rings is 1. The second-order valence-electron chi connectivity index (χ2n) is 5.11. The van der Waals surface area contributed by atoms with E-state index in [1.54, 1.807) is 0 Å². The van der Waals surface area contributed by atoms with Gasteiger partial charge in [-0.25, -0.2) is 0 Å². The maximum Gasteiger partial charge on any atom is 0.125 e. The first kappa shape index (κ1) is 15.7. The molecule has 1 aromatic carbocycles.